The molecule has 20 heavy (non-hydrogen) atoms. The van der Waals surface area contributed by atoms with Gasteiger partial charge in [-0.05, 0) is 43.9 Å². The second kappa shape index (κ2) is 5.92. The fraction of sp³-hybridized carbons (Fsp3) is 0.625. The smallest absolute Gasteiger partial charge is 0.123 e. The van der Waals surface area contributed by atoms with Gasteiger partial charge in [-0.2, -0.15) is 0 Å². The van der Waals surface area contributed by atoms with E-state index in [2.05, 4.69) is 17.1 Å². The van der Waals surface area contributed by atoms with E-state index >= 15 is 0 Å². The van der Waals surface area contributed by atoms with Crippen molar-refractivity contribution in [1.29, 1.82) is 0 Å². The molecule has 2 aliphatic rings. The molecule has 0 aromatic heterocycles. The number of piperazine rings is 1. The number of rotatable bonds is 4. The quantitative estimate of drug-likeness (QED) is 0.924. The number of halogens is 1. The van der Waals surface area contributed by atoms with Crippen LogP contribution in [0.2, 0.25) is 5.02 Å². The van der Waals surface area contributed by atoms with Crippen LogP contribution in [0.25, 0.3) is 0 Å². The average Bonchev–Trinajstić information content (AvgIpc) is 3.24. The number of hydrogen-bond donors (Lipinski definition) is 1. The van der Waals surface area contributed by atoms with E-state index in [-0.39, 0.29) is 0 Å². The van der Waals surface area contributed by atoms with Crippen LogP contribution < -0.4 is 10.1 Å². The van der Waals surface area contributed by atoms with Crippen LogP contribution in [0.15, 0.2) is 18.2 Å². The Kier molecular flexibility index (Phi) is 4.20. The lowest BCUT2D eigenvalue weighted by atomic mass is 10.0. The van der Waals surface area contributed by atoms with Gasteiger partial charge in [0.1, 0.15) is 5.75 Å². The maximum absolute atomic E-state index is 6.15. The minimum Gasteiger partial charge on any atom is -0.496 e. The first-order chi connectivity index (χ1) is 9.67. The molecule has 1 N–H and O–H groups in total. The molecule has 1 saturated heterocycles. The minimum absolute atomic E-state index is 0.551. The van der Waals surface area contributed by atoms with Crippen LogP contribution in [0.4, 0.5) is 0 Å². The van der Waals surface area contributed by atoms with Gasteiger partial charge in [-0.25, -0.2) is 0 Å². The number of methoxy groups -OCH3 is 1. The Labute approximate surface area is 126 Å². The molecule has 1 saturated carbocycles. The second-order valence-corrected chi connectivity index (χ2v) is 6.54. The van der Waals surface area contributed by atoms with Crippen LogP contribution in [0.5, 0.6) is 5.75 Å². The molecule has 3 rings (SSSR count). The van der Waals surface area contributed by atoms with Crippen molar-refractivity contribution in [2.24, 2.45) is 5.92 Å². The van der Waals surface area contributed by atoms with Crippen molar-refractivity contribution in [3.63, 3.8) is 0 Å². The Morgan fingerprint density at radius 1 is 1.40 bits per heavy atom. The van der Waals surface area contributed by atoms with E-state index in [0.717, 1.165) is 36.3 Å². The van der Waals surface area contributed by atoms with Gasteiger partial charge >= 0.3 is 0 Å². The van der Waals surface area contributed by atoms with E-state index in [9.17, 15) is 0 Å². The van der Waals surface area contributed by atoms with Gasteiger partial charge in [0.25, 0.3) is 0 Å². The van der Waals surface area contributed by atoms with Crippen molar-refractivity contribution in [2.75, 3.05) is 20.2 Å². The lowest BCUT2D eigenvalue weighted by Gasteiger charge is -2.40. The van der Waals surface area contributed by atoms with Gasteiger partial charge in [-0.15, -0.1) is 0 Å². The summed E-state index contributed by atoms with van der Waals surface area (Å²) in [4.78, 5) is 2.60. The van der Waals surface area contributed by atoms with Crippen molar-refractivity contribution in [1.82, 2.24) is 10.2 Å². The van der Waals surface area contributed by atoms with Crippen molar-refractivity contribution < 1.29 is 4.74 Å². The molecule has 0 radical (unpaired) electrons. The molecule has 4 heteroatoms. The van der Waals surface area contributed by atoms with Gasteiger partial charge in [0.2, 0.25) is 0 Å². The third kappa shape index (κ3) is 3.11. The Hall–Kier alpha value is -0.770. The highest BCUT2D eigenvalue weighted by Gasteiger charge is 2.38. The summed E-state index contributed by atoms with van der Waals surface area (Å²) in [5, 5.41) is 4.39. The molecule has 2 unspecified atom stereocenters. The zero-order valence-electron chi connectivity index (χ0n) is 12.2. The van der Waals surface area contributed by atoms with E-state index in [0.29, 0.717) is 12.1 Å². The first-order valence-electron chi connectivity index (χ1n) is 7.47. The van der Waals surface area contributed by atoms with Crippen LogP contribution in [0.3, 0.4) is 0 Å². The summed E-state index contributed by atoms with van der Waals surface area (Å²) >= 11 is 6.15. The van der Waals surface area contributed by atoms with Crippen molar-refractivity contribution in [2.45, 2.75) is 38.4 Å². The van der Waals surface area contributed by atoms with Gasteiger partial charge in [0.05, 0.1) is 7.11 Å². The zero-order valence-corrected chi connectivity index (χ0v) is 13.0. The van der Waals surface area contributed by atoms with E-state index in [1.165, 1.54) is 18.4 Å². The Morgan fingerprint density at radius 3 is 2.90 bits per heavy atom. The van der Waals surface area contributed by atoms with Gasteiger partial charge < -0.3 is 10.1 Å². The van der Waals surface area contributed by atoms with Crippen molar-refractivity contribution in [3.05, 3.63) is 28.8 Å². The first kappa shape index (κ1) is 14.2. The Morgan fingerprint density at radius 2 is 2.20 bits per heavy atom. The number of ether oxygens (including phenoxy) is 1. The van der Waals surface area contributed by atoms with E-state index < -0.39 is 0 Å². The predicted molar refractivity (Wildman–Crippen MR) is 82.4 cm³/mol. The van der Waals surface area contributed by atoms with Gasteiger partial charge in [-0.1, -0.05) is 11.6 Å². The average molecular weight is 295 g/mol. The highest BCUT2D eigenvalue weighted by atomic mass is 35.5. The lowest BCUT2D eigenvalue weighted by Crippen LogP contribution is -2.55. The largest absolute Gasteiger partial charge is 0.496 e. The van der Waals surface area contributed by atoms with Gasteiger partial charge in [0.15, 0.2) is 0 Å². The monoisotopic (exact) mass is 294 g/mol. The highest BCUT2D eigenvalue weighted by Crippen LogP contribution is 2.37. The SMILES string of the molecule is COc1ccc(Cl)cc1CN1CC(C)NCC1C1CC1. The van der Waals surface area contributed by atoms with Crippen LogP contribution in [0, 0.1) is 5.92 Å². The summed E-state index contributed by atoms with van der Waals surface area (Å²) in [5.74, 6) is 1.82. The molecule has 0 bridgehead atoms. The fourth-order valence-electron chi connectivity index (χ4n) is 3.22. The maximum atomic E-state index is 6.15. The second-order valence-electron chi connectivity index (χ2n) is 6.10. The summed E-state index contributed by atoms with van der Waals surface area (Å²) < 4.78 is 5.48. The molecule has 2 fully saturated rings. The minimum atomic E-state index is 0.551. The standard InChI is InChI=1S/C16H23ClN2O/c1-11-9-19(15(8-18-11)12-3-4-12)10-13-7-14(17)5-6-16(13)20-2/h5-7,11-12,15,18H,3-4,8-10H2,1-2H3. The molecule has 1 aliphatic carbocycles. The lowest BCUT2D eigenvalue weighted by molar-refractivity contribution is 0.111. The summed E-state index contributed by atoms with van der Waals surface area (Å²) in [6.07, 6.45) is 2.76. The van der Waals surface area contributed by atoms with E-state index in [4.69, 9.17) is 16.3 Å². The molecule has 1 aromatic carbocycles. The third-order valence-electron chi connectivity index (χ3n) is 4.43. The summed E-state index contributed by atoms with van der Waals surface area (Å²) in [6, 6.07) is 7.11. The summed E-state index contributed by atoms with van der Waals surface area (Å²) in [7, 11) is 1.73. The molecule has 1 aromatic rings. The molecular formula is C16H23ClN2O. The Balaban J connectivity index is 1.78. The van der Waals surface area contributed by atoms with Gasteiger partial charge in [-0.3, -0.25) is 4.90 Å². The molecule has 1 aliphatic heterocycles. The molecule has 0 amide bonds. The molecule has 110 valence electrons. The summed E-state index contributed by atoms with van der Waals surface area (Å²) in [6.45, 7) is 5.38. The van der Waals surface area contributed by atoms with Crippen LogP contribution >= 0.6 is 11.6 Å². The van der Waals surface area contributed by atoms with E-state index in [1.807, 2.05) is 18.2 Å². The van der Waals surface area contributed by atoms with Crippen LogP contribution in [-0.4, -0.2) is 37.2 Å². The number of benzene rings is 1. The molecular weight excluding hydrogens is 272 g/mol. The Bertz CT molecular complexity index is 476. The van der Waals surface area contributed by atoms with Crippen molar-refractivity contribution in [3.8, 4) is 5.75 Å². The molecule has 0 spiro atoms. The normalized spacial score (nSPS) is 27.6. The van der Waals surface area contributed by atoms with Gasteiger partial charge in [0, 0.05) is 42.3 Å². The van der Waals surface area contributed by atoms with Crippen LogP contribution in [0.1, 0.15) is 25.3 Å². The fourth-order valence-corrected chi connectivity index (χ4v) is 3.41. The number of nitrogens with one attached hydrogen (secondary N) is 1. The predicted octanol–water partition coefficient (Wildman–Crippen LogP) is 2.92. The van der Waals surface area contributed by atoms with Crippen LogP contribution in [-0.2, 0) is 6.54 Å². The molecule has 3 nitrogen and oxygen atoms in total. The highest BCUT2D eigenvalue weighted by molar-refractivity contribution is 6.30. The first-order valence-corrected chi connectivity index (χ1v) is 7.85. The third-order valence-corrected chi connectivity index (χ3v) is 4.67. The molecule has 1 heterocycles. The molecule has 2 atom stereocenters. The number of hydrogen-bond acceptors (Lipinski definition) is 3. The zero-order chi connectivity index (χ0) is 14.1. The number of nitrogens with zero attached hydrogens (tertiary/aromatic N) is 1. The topological polar surface area (TPSA) is 24.5 Å². The van der Waals surface area contributed by atoms with Crippen molar-refractivity contribution >= 4 is 11.6 Å². The maximum Gasteiger partial charge on any atom is 0.123 e. The van der Waals surface area contributed by atoms with E-state index in [1.54, 1.807) is 7.11 Å². The summed E-state index contributed by atoms with van der Waals surface area (Å²) in [5.41, 5.74) is 1.19.